The zero-order valence-electron chi connectivity index (χ0n) is 22.0. The monoisotopic (exact) mass is 529 g/mol. The van der Waals surface area contributed by atoms with Crippen molar-refractivity contribution in [1.82, 2.24) is 4.90 Å². The molecule has 0 saturated carbocycles. The summed E-state index contributed by atoms with van der Waals surface area (Å²) in [4.78, 5) is 26.2. The number of aliphatic carboxylic acids is 1. The molecule has 1 aromatic carbocycles. The smallest absolute Gasteiger partial charge is 0.430 e. The van der Waals surface area contributed by atoms with E-state index in [9.17, 15) is 18.0 Å². The first-order valence-electron chi connectivity index (χ1n) is 12.3. The number of hydrogen-bond donors (Lipinski definition) is 1. The van der Waals surface area contributed by atoms with Crippen LogP contribution in [0.3, 0.4) is 0 Å². The number of alkyl halides is 3. The summed E-state index contributed by atoms with van der Waals surface area (Å²) in [5, 5.41) is 12.4. The number of carbonyl (C=O) groups is 2. The summed E-state index contributed by atoms with van der Waals surface area (Å²) >= 11 is 0. The first-order valence-corrected chi connectivity index (χ1v) is 12.3. The second kappa shape index (κ2) is 12.6. The maximum absolute atomic E-state index is 12.3. The van der Waals surface area contributed by atoms with Crippen LogP contribution in [0.2, 0.25) is 0 Å². The van der Waals surface area contributed by atoms with E-state index in [1.54, 1.807) is 6.21 Å². The highest BCUT2D eigenvalue weighted by molar-refractivity contribution is 5.80. The number of piperazine rings is 1. The predicted molar refractivity (Wildman–Crippen MR) is 133 cm³/mol. The minimum Gasteiger partial charge on any atom is -0.542 e. The van der Waals surface area contributed by atoms with Crippen LogP contribution in [0, 0.1) is 0 Å². The third-order valence-electron chi connectivity index (χ3n) is 6.48. The van der Waals surface area contributed by atoms with Gasteiger partial charge in [0.25, 0.3) is 0 Å². The Balaban J connectivity index is 0.000000604. The fourth-order valence-corrected chi connectivity index (χ4v) is 4.59. The Labute approximate surface area is 216 Å². The van der Waals surface area contributed by atoms with Gasteiger partial charge in [-0.05, 0) is 38.5 Å². The molecule has 2 N–H and O–H groups in total. The Morgan fingerprint density at radius 2 is 1.62 bits per heavy atom. The zero-order chi connectivity index (χ0) is 27.9. The average Bonchev–Trinajstić information content (AvgIpc) is 2.79. The number of likely N-dealkylation sites (tertiary alicyclic amines) is 1. The predicted octanol–water partition coefficient (Wildman–Crippen LogP) is 1.35. The maximum Gasteiger partial charge on any atom is 0.430 e. The van der Waals surface area contributed by atoms with Crippen LogP contribution in [0.5, 0.6) is 0 Å². The largest absolute Gasteiger partial charge is 0.542 e. The summed E-state index contributed by atoms with van der Waals surface area (Å²) in [7, 11) is 2.19. The highest BCUT2D eigenvalue weighted by Crippen LogP contribution is 2.24. The molecule has 2 fully saturated rings. The highest BCUT2D eigenvalue weighted by Gasteiger charge is 2.36. The molecule has 2 saturated heterocycles. The number of likely N-dealkylation sites (N-methyl/N-ethyl adjacent to an activating group) is 1. The normalized spacial score (nSPS) is 23.3. The summed E-state index contributed by atoms with van der Waals surface area (Å²) in [5.41, 5.74) is 1.87. The Kier molecular flexibility index (Phi) is 10.3. The molecule has 1 aromatic rings. The van der Waals surface area contributed by atoms with Crippen LogP contribution < -0.4 is 15.8 Å². The van der Waals surface area contributed by atoms with Gasteiger partial charge in [0.2, 0.25) is 0 Å². The number of benzene rings is 1. The van der Waals surface area contributed by atoms with Gasteiger partial charge in [-0.25, -0.2) is 4.79 Å². The van der Waals surface area contributed by atoms with Crippen molar-refractivity contribution in [3.63, 3.8) is 0 Å². The number of piperidine rings is 1. The molecular formula is C25H38F3N5O4. The quantitative estimate of drug-likeness (QED) is 0.202. The molecule has 0 spiro atoms. The van der Waals surface area contributed by atoms with Gasteiger partial charge in [-0.3, -0.25) is 4.90 Å². The average molecular weight is 530 g/mol. The fourth-order valence-electron chi connectivity index (χ4n) is 4.59. The van der Waals surface area contributed by atoms with Crippen LogP contribution in [0.1, 0.15) is 39.2 Å². The number of hydrogen-bond acceptors (Lipinski definition) is 8. The lowest BCUT2D eigenvalue weighted by atomic mass is 10.00. The highest BCUT2D eigenvalue weighted by atomic mass is 19.4. The number of anilines is 1. The first kappa shape index (κ1) is 30.4. The Bertz CT molecular complexity index is 916. The number of esters is 1. The van der Waals surface area contributed by atoms with E-state index in [2.05, 4.69) is 46.2 Å². The number of hydrazone groups is 1. The number of quaternary nitrogens is 1. The SMILES string of the molecule is CC(C)(C)OC(=O)C[N+]1(C)CCC(N2CCN(c3ccc(/C=N\N)cc3)CC2)CC1.O=C([O-])C(F)(F)F. The van der Waals surface area contributed by atoms with Crippen LogP contribution >= 0.6 is 0 Å². The molecule has 0 radical (unpaired) electrons. The fraction of sp³-hybridized carbons (Fsp3) is 0.640. The van der Waals surface area contributed by atoms with E-state index in [4.69, 9.17) is 20.5 Å². The molecule has 0 aromatic heterocycles. The molecule has 3 rings (SSSR count). The minimum atomic E-state index is -5.19. The van der Waals surface area contributed by atoms with Crippen LogP contribution in [-0.4, -0.2) is 98.2 Å². The van der Waals surface area contributed by atoms with Gasteiger partial charge in [0.15, 0.2) is 6.54 Å². The van der Waals surface area contributed by atoms with Crippen molar-refractivity contribution < 1.29 is 37.1 Å². The maximum atomic E-state index is 12.3. The second-order valence-corrected chi connectivity index (χ2v) is 10.7. The number of carboxylic acids is 1. The third kappa shape index (κ3) is 10.2. The third-order valence-corrected chi connectivity index (χ3v) is 6.48. The van der Waals surface area contributed by atoms with E-state index in [0.29, 0.717) is 12.6 Å². The molecule has 0 amide bonds. The molecule has 12 heteroatoms. The van der Waals surface area contributed by atoms with Gasteiger partial charge in [0.1, 0.15) is 11.6 Å². The molecule has 2 aliphatic rings. The van der Waals surface area contributed by atoms with E-state index in [1.807, 2.05) is 20.8 Å². The van der Waals surface area contributed by atoms with Gasteiger partial charge < -0.3 is 29.9 Å². The van der Waals surface area contributed by atoms with Crippen molar-refractivity contribution >= 4 is 23.8 Å². The Morgan fingerprint density at radius 1 is 1.11 bits per heavy atom. The molecule has 2 aliphatic heterocycles. The molecule has 0 atom stereocenters. The number of ether oxygens (including phenoxy) is 1. The van der Waals surface area contributed by atoms with Crippen molar-refractivity contribution in [3.05, 3.63) is 29.8 Å². The lowest BCUT2D eigenvalue weighted by Crippen LogP contribution is -2.59. The topological polar surface area (TPSA) is 111 Å². The van der Waals surface area contributed by atoms with Crippen molar-refractivity contribution in [2.75, 3.05) is 57.8 Å². The number of nitrogens with two attached hydrogens (primary N) is 1. The molecule has 37 heavy (non-hydrogen) atoms. The number of carboxylic acid groups (broad SMARTS) is 1. The second-order valence-electron chi connectivity index (χ2n) is 10.7. The van der Waals surface area contributed by atoms with E-state index in [-0.39, 0.29) is 5.97 Å². The molecule has 0 aliphatic carbocycles. The van der Waals surface area contributed by atoms with Gasteiger partial charge in [-0.1, -0.05) is 12.1 Å². The van der Waals surface area contributed by atoms with Gasteiger partial charge in [0.05, 0.1) is 26.4 Å². The first-order chi connectivity index (χ1) is 17.1. The van der Waals surface area contributed by atoms with E-state index in [1.165, 1.54) is 5.69 Å². The van der Waals surface area contributed by atoms with E-state index < -0.39 is 17.7 Å². The van der Waals surface area contributed by atoms with Gasteiger partial charge in [0, 0.05) is 50.7 Å². The standard InChI is InChI=1S/C23H38N5O2.C2HF3O2/c1-23(2,3)30-22(29)18-28(4)15-9-21(10-16-28)27-13-11-26(12-14-27)20-7-5-19(6-8-20)17-25-24;3-2(4,5)1(6)7/h5-8,17,21H,9-16,18,24H2,1-4H3;(H,6,7)/q+1;/p-1/b25-17-;. The van der Waals surface area contributed by atoms with Gasteiger partial charge >= 0.3 is 12.1 Å². The minimum absolute atomic E-state index is 0.0826. The Morgan fingerprint density at radius 3 is 2.05 bits per heavy atom. The molecular weight excluding hydrogens is 491 g/mol. The number of carbonyl (C=O) groups excluding carboxylic acids is 2. The number of nitrogens with zero attached hydrogens (tertiary/aromatic N) is 4. The lowest BCUT2D eigenvalue weighted by Gasteiger charge is -2.46. The van der Waals surface area contributed by atoms with Crippen molar-refractivity contribution in [1.29, 1.82) is 0 Å². The van der Waals surface area contributed by atoms with Crippen molar-refractivity contribution in [3.8, 4) is 0 Å². The molecule has 2 heterocycles. The molecule has 9 nitrogen and oxygen atoms in total. The number of halogens is 3. The lowest BCUT2D eigenvalue weighted by molar-refractivity contribution is -0.907. The van der Waals surface area contributed by atoms with Gasteiger partial charge in [-0.15, -0.1) is 0 Å². The summed E-state index contributed by atoms with van der Waals surface area (Å²) in [6, 6.07) is 9.03. The molecule has 0 unspecified atom stereocenters. The van der Waals surface area contributed by atoms with Gasteiger partial charge in [-0.2, -0.15) is 18.3 Å². The summed E-state index contributed by atoms with van der Waals surface area (Å²) < 4.78 is 37.9. The van der Waals surface area contributed by atoms with Crippen molar-refractivity contribution in [2.45, 2.75) is 51.4 Å². The van der Waals surface area contributed by atoms with E-state index >= 15 is 0 Å². The molecule has 0 bridgehead atoms. The summed E-state index contributed by atoms with van der Waals surface area (Å²) in [6.45, 7) is 12.6. The number of rotatable bonds is 5. The van der Waals surface area contributed by atoms with E-state index in [0.717, 1.165) is 62.2 Å². The van der Waals surface area contributed by atoms with Crippen LogP contribution in [0.4, 0.5) is 18.9 Å². The zero-order valence-corrected chi connectivity index (χ0v) is 22.0. The van der Waals surface area contributed by atoms with Crippen LogP contribution in [-0.2, 0) is 14.3 Å². The van der Waals surface area contributed by atoms with Crippen molar-refractivity contribution in [2.24, 2.45) is 10.9 Å². The Hall–Kier alpha value is -2.86. The van der Waals surface area contributed by atoms with Crippen LogP contribution in [0.15, 0.2) is 29.4 Å². The van der Waals surface area contributed by atoms with Crippen LogP contribution in [0.25, 0.3) is 0 Å². The molecule has 208 valence electrons. The summed E-state index contributed by atoms with van der Waals surface area (Å²) in [6.07, 6.45) is -1.24. The summed E-state index contributed by atoms with van der Waals surface area (Å²) in [5.74, 6) is 2.13.